The largest absolute Gasteiger partial charge is 0.451 e. The molecule has 0 spiro atoms. The fourth-order valence-electron chi connectivity index (χ4n) is 3.37. The van der Waals surface area contributed by atoms with Crippen LogP contribution >= 0.6 is 22.7 Å². The third-order valence-corrected chi connectivity index (χ3v) is 6.94. The molecule has 0 saturated heterocycles. The van der Waals surface area contributed by atoms with E-state index >= 15 is 0 Å². The highest BCUT2D eigenvalue weighted by atomic mass is 32.1. The zero-order chi connectivity index (χ0) is 20.5. The molecule has 0 aliphatic carbocycles. The summed E-state index contributed by atoms with van der Waals surface area (Å²) in [6.07, 6.45) is 3.77. The molecular formula is C21H16N4O3S2. The second-order valence-corrected chi connectivity index (χ2v) is 8.78. The molecule has 5 rings (SSSR count). The van der Waals surface area contributed by atoms with Crippen molar-refractivity contribution in [2.75, 3.05) is 13.2 Å². The van der Waals surface area contributed by atoms with Gasteiger partial charge in [-0.2, -0.15) is 0 Å². The third kappa shape index (κ3) is 3.57. The lowest BCUT2D eigenvalue weighted by Crippen LogP contribution is -2.38. The Morgan fingerprint density at radius 3 is 2.90 bits per heavy atom. The highest BCUT2D eigenvalue weighted by Gasteiger charge is 2.24. The van der Waals surface area contributed by atoms with Crippen LogP contribution in [0.5, 0.6) is 0 Å². The molecule has 1 amide bonds. The van der Waals surface area contributed by atoms with E-state index in [4.69, 9.17) is 4.74 Å². The van der Waals surface area contributed by atoms with E-state index in [0.717, 1.165) is 22.2 Å². The van der Waals surface area contributed by atoms with Gasteiger partial charge in [0.1, 0.15) is 10.7 Å². The van der Waals surface area contributed by atoms with Gasteiger partial charge in [-0.25, -0.2) is 19.7 Å². The molecule has 3 aromatic heterocycles. The zero-order valence-electron chi connectivity index (χ0n) is 15.8. The van der Waals surface area contributed by atoms with E-state index in [9.17, 15) is 9.59 Å². The molecule has 4 aromatic rings. The molecule has 0 atom stereocenters. The van der Waals surface area contributed by atoms with E-state index in [1.807, 2.05) is 35.7 Å². The van der Waals surface area contributed by atoms with Crippen molar-refractivity contribution in [1.29, 1.82) is 0 Å². The number of hydrogen-bond donors (Lipinski definition) is 0. The monoisotopic (exact) mass is 436 g/mol. The van der Waals surface area contributed by atoms with Gasteiger partial charge in [0.05, 0.1) is 10.2 Å². The maximum absolute atomic E-state index is 12.7. The highest BCUT2D eigenvalue weighted by molar-refractivity contribution is 7.21. The number of para-hydroxylation sites is 1. The Labute approximate surface area is 180 Å². The van der Waals surface area contributed by atoms with Crippen molar-refractivity contribution in [3.8, 4) is 10.7 Å². The van der Waals surface area contributed by atoms with Crippen LogP contribution in [0.1, 0.15) is 20.9 Å². The summed E-state index contributed by atoms with van der Waals surface area (Å²) in [5.74, 6) is -0.899. The van der Waals surface area contributed by atoms with Crippen molar-refractivity contribution in [3.05, 3.63) is 64.2 Å². The number of fused-ring (bicyclic) bond motifs is 2. The second-order valence-electron chi connectivity index (χ2n) is 6.75. The molecule has 0 fully saturated rings. The van der Waals surface area contributed by atoms with Gasteiger partial charge in [0.25, 0.3) is 5.91 Å². The number of thiazole rings is 1. The maximum atomic E-state index is 12.7. The fourth-order valence-corrected chi connectivity index (χ4v) is 5.22. The molecule has 0 saturated carbocycles. The van der Waals surface area contributed by atoms with Gasteiger partial charge in [0.15, 0.2) is 12.3 Å². The van der Waals surface area contributed by atoms with Crippen molar-refractivity contribution in [2.24, 2.45) is 0 Å². The quantitative estimate of drug-likeness (QED) is 0.455. The Hall–Kier alpha value is -3.17. The number of thiophene rings is 1. The fraction of sp³-hybridized carbons (Fsp3) is 0.190. The van der Waals surface area contributed by atoms with E-state index in [-0.39, 0.29) is 18.2 Å². The zero-order valence-corrected chi connectivity index (χ0v) is 17.4. The molecule has 150 valence electrons. The normalized spacial score (nSPS) is 13.3. The summed E-state index contributed by atoms with van der Waals surface area (Å²) < 4.78 is 6.29. The van der Waals surface area contributed by atoms with E-state index in [1.54, 1.807) is 16.2 Å². The van der Waals surface area contributed by atoms with Crippen molar-refractivity contribution < 1.29 is 14.3 Å². The average molecular weight is 437 g/mol. The van der Waals surface area contributed by atoms with Gasteiger partial charge in [0, 0.05) is 30.4 Å². The van der Waals surface area contributed by atoms with Gasteiger partial charge in [0.2, 0.25) is 0 Å². The SMILES string of the molecule is O=C(OCC(=O)N1CCc2sccc2C1)c1nccnc1-c1nc2ccccc2s1. The molecule has 9 heteroatoms. The van der Waals surface area contributed by atoms with Crippen LogP contribution in [0.2, 0.25) is 0 Å². The Morgan fingerprint density at radius 1 is 1.13 bits per heavy atom. The first-order valence-corrected chi connectivity index (χ1v) is 11.1. The number of ether oxygens (including phenoxy) is 1. The molecule has 4 heterocycles. The summed E-state index contributed by atoms with van der Waals surface area (Å²) in [4.78, 5) is 41.2. The van der Waals surface area contributed by atoms with Crippen LogP contribution in [0.25, 0.3) is 20.9 Å². The van der Waals surface area contributed by atoms with Gasteiger partial charge in [-0.05, 0) is 35.6 Å². The Kier molecular flexibility index (Phi) is 4.97. The van der Waals surface area contributed by atoms with E-state index in [2.05, 4.69) is 15.0 Å². The molecule has 1 aliphatic heterocycles. The topological polar surface area (TPSA) is 85.3 Å². The van der Waals surface area contributed by atoms with Gasteiger partial charge >= 0.3 is 5.97 Å². The number of aromatic nitrogens is 3. The summed E-state index contributed by atoms with van der Waals surface area (Å²) in [5.41, 5.74) is 2.41. The molecule has 7 nitrogen and oxygen atoms in total. The molecular weight excluding hydrogens is 420 g/mol. The Bertz CT molecular complexity index is 1220. The minimum absolute atomic E-state index is 0.0584. The minimum Gasteiger partial charge on any atom is -0.451 e. The molecule has 0 radical (unpaired) electrons. The summed E-state index contributed by atoms with van der Waals surface area (Å²) >= 11 is 3.14. The van der Waals surface area contributed by atoms with Crippen LogP contribution in [-0.4, -0.2) is 44.9 Å². The number of hydrogen-bond acceptors (Lipinski definition) is 8. The highest BCUT2D eigenvalue weighted by Crippen LogP contribution is 2.30. The van der Waals surface area contributed by atoms with Gasteiger partial charge < -0.3 is 9.64 Å². The van der Waals surface area contributed by atoms with Crippen LogP contribution in [0.15, 0.2) is 48.1 Å². The Balaban J connectivity index is 1.30. The predicted molar refractivity (Wildman–Crippen MR) is 114 cm³/mol. The number of amides is 1. The van der Waals surface area contributed by atoms with Crippen LogP contribution in [0, 0.1) is 0 Å². The lowest BCUT2D eigenvalue weighted by Gasteiger charge is -2.26. The van der Waals surface area contributed by atoms with Crippen LogP contribution in [0.3, 0.4) is 0 Å². The molecule has 30 heavy (non-hydrogen) atoms. The van der Waals surface area contributed by atoms with E-state index in [0.29, 0.717) is 23.8 Å². The first-order valence-electron chi connectivity index (χ1n) is 9.36. The maximum Gasteiger partial charge on any atom is 0.359 e. The molecule has 0 unspecified atom stereocenters. The number of esters is 1. The molecule has 0 bridgehead atoms. The van der Waals surface area contributed by atoms with Crippen LogP contribution in [-0.2, 0) is 22.5 Å². The lowest BCUT2D eigenvalue weighted by molar-refractivity contribution is -0.135. The third-order valence-electron chi connectivity index (χ3n) is 4.88. The van der Waals surface area contributed by atoms with Gasteiger partial charge in [-0.15, -0.1) is 22.7 Å². The molecule has 1 aromatic carbocycles. The van der Waals surface area contributed by atoms with Gasteiger partial charge in [-0.3, -0.25) is 4.79 Å². The second kappa shape index (κ2) is 7.92. The summed E-state index contributed by atoms with van der Waals surface area (Å²) in [7, 11) is 0. The number of rotatable bonds is 4. The van der Waals surface area contributed by atoms with E-state index in [1.165, 1.54) is 28.6 Å². The van der Waals surface area contributed by atoms with Crippen LogP contribution < -0.4 is 0 Å². The predicted octanol–water partition coefficient (Wildman–Crippen LogP) is 3.56. The van der Waals surface area contributed by atoms with Crippen molar-refractivity contribution in [2.45, 2.75) is 13.0 Å². The minimum atomic E-state index is -0.682. The molecule has 0 N–H and O–H groups in total. The number of nitrogens with zero attached hydrogens (tertiary/aromatic N) is 4. The lowest BCUT2D eigenvalue weighted by atomic mass is 10.1. The van der Waals surface area contributed by atoms with Crippen molar-refractivity contribution >= 4 is 44.8 Å². The van der Waals surface area contributed by atoms with E-state index < -0.39 is 5.97 Å². The number of benzene rings is 1. The summed E-state index contributed by atoms with van der Waals surface area (Å²) in [6.45, 7) is 0.859. The average Bonchev–Trinajstić information content (AvgIpc) is 3.43. The number of carbonyl (C=O) groups is 2. The smallest absolute Gasteiger partial charge is 0.359 e. The molecule has 1 aliphatic rings. The van der Waals surface area contributed by atoms with Crippen molar-refractivity contribution in [1.82, 2.24) is 19.9 Å². The first-order chi connectivity index (χ1) is 14.7. The van der Waals surface area contributed by atoms with Gasteiger partial charge in [-0.1, -0.05) is 12.1 Å². The summed E-state index contributed by atoms with van der Waals surface area (Å²) in [6, 6.07) is 9.74. The summed E-state index contributed by atoms with van der Waals surface area (Å²) in [5, 5.41) is 2.62. The van der Waals surface area contributed by atoms with Crippen molar-refractivity contribution in [3.63, 3.8) is 0 Å². The van der Waals surface area contributed by atoms with Crippen LogP contribution in [0.4, 0.5) is 0 Å². The first kappa shape index (κ1) is 18.8. The Morgan fingerprint density at radius 2 is 2.00 bits per heavy atom. The number of carbonyl (C=O) groups excluding carboxylic acids is 2. The standard InChI is InChI=1S/C21H16N4O3S2/c26-17(25-9-5-15-13(11-25)6-10-29-15)12-28-21(27)19-18(22-7-8-23-19)20-24-14-3-1-2-4-16(14)30-20/h1-4,6-8,10H,5,9,11-12H2.